The zero-order valence-corrected chi connectivity index (χ0v) is 17.6. The Balaban J connectivity index is 1.71. The zero-order chi connectivity index (χ0) is 20.1. The molecule has 1 atom stereocenters. The summed E-state index contributed by atoms with van der Waals surface area (Å²) in [5.74, 6) is 0. The summed E-state index contributed by atoms with van der Waals surface area (Å²) in [4.78, 5) is 21.2. The highest BCUT2D eigenvalue weighted by atomic mass is 16.6. The second-order valence-electron chi connectivity index (χ2n) is 8.86. The van der Waals surface area contributed by atoms with Crippen molar-refractivity contribution in [3.05, 3.63) is 42.2 Å². The van der Waals surface area contributed by atoms with Crippen molar-refractivity contribution >= 4 is 16.9 Å². The second-order valence-corrected chi connectivity index (χ2v) is 8.86. The number of ether oxygens (including phenoxy) is 1. The van der Waals surface area contributed by atoms with E-state index >= 15 is 0 Å². The maximum absolute atomic E-state index is 12.6. The molecule has 1 aromatic carbocycles. The molecular weight excluding hydrogens is 350 g/mol. The summed E-state index contributed by atoms with van der Waals surface area (Å²) in [5, 5.41) is 2.39. The number of carbonyl (C=O) groups excluding carboxylic acids is 1. The van der Waals surface area contributed by atoms with Gasteiger partial charge in [-0.1, -0.05) is 18.6 Å². The number of benzene rings is 1. The summed E-state index contributed by atoms with van der Waals surface area (Å²) in [6.45, 7) is 11.4. The number of nitrogens with zero attached hydrogens (tertiary/aromatic N) is 3. The van der Waals surface area contributed by atoms with Gasteiger partial charge in [0.1, 0.15) is 5.60 Å². The van der Waals surface area contributed by atoms with Crippen LogP contribution in [0.5, 0.6) is 0 Å². The number of fused-ring (bicyclic) bond motifs is 1. The van der Waals surface area contributed by atoms with Crippen molar-refractivity contribution in [3.8, 4) is 0 Å². The van der Waals surface area contributed by atoms with Crippen LogP contribution >= 0.6 is 0 Å². The number of hydrogen-bond acceptors (Lipinski definition) is 4. The molecular formula is C23H33N3O2. The highest BCUT2D eigenvalue weighted by molar-refractivity contribution is 5.82. The predicted molar refractivity (Wildman–Crippen MR) is 113 cm³/mol. The van der Waals surface area contributed by atoms with Crippen LogP contribution in [0.3, 0.4) is 0 Å². The minimum absolute atomic E-state index is 0.195. The van der Waals surface area contributed by atoms with Crippen LogP contribution in [0.2, 0.25) is 0 Å². The highest BCUT2D eigenvalue weighted by Crippen LogP contribution is 2.20. The molecule has 1 fully saturated rings. The first kappa shape index (κ1) is 20.6. The molecule has 0 unspecified atom stereocenters. The van der Waals surface area contributed by atoms with Crippen LogP contribution in [-0.2, 0) is 11.3 Å². The van der Waals surface area contributed by atoms with Crippen LogP contribution in [0.1, 0.15) is 52.5 Å². The molecule has 1 aromatic heterocycles. The van der Waals surface area contributed by atoms with Crippen LogP contribution in [0.4, 0.5) is 4.79 Å². The third kappa shape index (κ3) is 5.68. The average molecular weight is 384 g/mol. The van der Waals surface area contributed by atoms with Gasteiger partial charge in [0.15, 0.2) is 0 Å². The summed E-state index contributed by atoms with van der Waals surface area (Å²) in [5.41, 5.74) is 0.840. The Morgan fingerprint density at radius 1 is 1.14 bits per heavy atom. The SMILES string of the molecule is C[C@H]1CN(C(=O)OC(C)(C)C)CCCCCN1Cc1ccc2cnccc2c1. The van der Waals surface area contributed by atoms with E-state index in [2.05, 4.69) is 41.1 Å². The highest BCUT2D eigenvalue weighted by Gasteiger charge is 2.26. The summed E-state index contributed by atoms with van der Waals surface area (Å²) < 4.78 is 5.63. The Hall–Kier alpha value is -2.14. The van der Waals surface area contributed by atoms with Gasteiger partial charge in [-0.25, -0.2) is 4.79 Å². The van der Waals surface area contributed by atoms with Crippen LogP contribution < -0.4 is 0 Å². The molecule has 1 saturated heterocycles. The fourth-order valence-corrected chi connectivity index (χ4v) is 3.73. The monoisotopic (exact) mass is 383 g/mol. The topological polar surface area (TPSA) is 45.7 Å². The average Bonchev–Trinajstić information content (AvgIpc) is 2.72. The lowest BCUT2D eigenvalue weighted by molar-refractivity contribution is 0.0199. The molecule has 0 saturated carbocycles. The Labute approximate surface area is 168 Å². The normalized spacial score (nSPS) is 19.7. The number of carbonyl (C=O) groups is 1. The molecule has 2 heterocycles. The summed E-state index contributed by atoms with van der Waals surface area (Å²) in [6, 6.07) is 8.92. The van der Waals surface area contributed by atoms with Gasteiger partial charge in [-0.15, -0.1) is 0 Å². The van der Waals surface area contributed by atoms with Gasteiger partial charge in [0.2, 0.25) is 0 Å². The van der Waals surface area contributed by atoms with Gasteiger partial charge < -0.3 is 9.64 Å². The first-order valence-electron chi connectivity index (χ1n) is 10.4. The van der Waals surface area contributed by atoms with Crippen molar-refractivity contribution in [2.24, 2.45) is 0 Å². The molecule has 0 spiro atoms. The third-order valence-corrected chi connectivity index (χ3v) is 5.22. The molecule has 3 rings (SSSR count). The molecule has 1 amide bonds. The van der Waals surface area contributed by atoms with E-state index in [0.29, 0.717) is 6.54 Å². The van der Waals surface area contributed by atoms with Gasteiger partial charge in [-0.2, -0.15) is 0 Å². The lowest BCUT2D eigenvalue weighted by Gasteiger charge is -2.33. The van der Waals surface area contributed by atoms with Gasteiger partial charge in [0.25, 0.3) is 0 Å². The van der Waals surface area contributed by atoms with E-state index in [9.17, 15) is 4.79 Å². The van der Waals surface area contributed by atoms with Gasteiger partial charge in [-0.05, 0) is 70.2 Å². The Morgan fingerprint density at radius 2 is 1.93 bits per heavy atom. The lowest BCUT2D eigenvalue weighted by Crippen LogP contribution is -2.45. The Kier molecular flexibility index (Phi) is 6.55. The molecule has 0 radical (unpaired) electrons. The molecule has 1 aliphatic rings. The molecule has 5 heteroatoms. The maximum Gasteiger partial charge on any atom is 0.410 e. The Bertz CT molecular complexity index is 800. The lowest BCUT2D eigenvalue weighted by atomic mass is 10.1. The quantitative estimate of drug-likeness (QED) is 0.744. The van der Waals surface area contributed by atoms with Crippen LogP contribution in [0, 0.1) is 0 Å². The first-order valence-corrected chi connectivity index (χ1v) is 10.4. The first-order chi connectivity index (χ1) is 13.3. The minimum atomic E-state index is -0.460. The zero-order valence-electron chi connectivity index (χ0n) is 17.6. The van der Waals surface area contributed by atoms with Gasteiger partial charge in [0.05, 0.1) is 0 Å². The van der Waals surface area contributed by atoms with E-state index in [1.807, 2.05) is 38.1 Å². The van der Waals surface area contributed by atoms with Gasteiger partial charge >= 0.3 is 6.09 Å². The second kappa shape index (κ2) is 8.91. The number of amides is 1. The van der Waals surface area contributed by atoms with Crippen LogP contribution in [0.25, 0.3) is 10.8 Å². The molecule has 0 N–H and O–H groups in total. The van der Waals surface area contributed by atoms with Crippen molar-refractivity contribution in [3.63, 3.8) is 0 Å². The van der Waals surface area contributed by atoms with Gasteiger partial charge in [-0.3, -0.25) is 9.88 Å². The standard InChI is InChI=1S/C23H33N3O2/c1-18-16-26(22(27)28-23(2,3)4)13-7-5-6-12-25(18)17-19-8-9-21-15-24-11-10-20(21)14-19/h8-11,14-15,18H,5-7,12-13,16-17H2,1-4H3/t18-/m0/s1. The molecule has 1 aliphatic heterocycles. The van der Waals surface area contributed by atoms with Crippen molar-refractivity contribution in [1.82, 2.24) is 14.8 Å². The fourth-order valence-electron chi connectivity index (χ4n) is 3.73. The van der Waals surface area contributed by atoms with Crippen molar-refractivity contribution < 1.29 is 9.53 Å². The van der Waals surface area contributed by atoms with Crippen LogP contribution in [0.15, 0.2) is 36.7 Å². The predicted octanol–water partition coefficient (Wildman–Crippen LogP) is 4.85. The van der Waals surface area contributed by atoms with Crippen molar-refractivity contribution in [2.75, 3.05) is 19.6 Å². The summed E-state index contributed by atoms with van der Waals surface area (Å²) in [6.07, 6.45) is 6.87. The fraction of sp³-hybridized carbons (Fsp3) is 0.565. The van der Waals surface area contributed by atoms with E-state index in [0.717, 1.165) is 38.9 Å². The van der Waals surface area contributed by atoms with E-state index in [1.165, 1.54) is 16.3 Å². The van der Waals surface area contributed by atoms with Crippen LogP contribution in [-0.4, -0.2) is 52.2 Å². The Morgan fingerprint density at radius 3 is 2.71 bits per heavy atom. The number of pyridine rings is 1. The van der Waals surface area contributed by atoms with E-state index in [-0.39, 0.29) is 12.1 Å². The smallest absolute Gasteiger partial charge is 0.410 e. The molecule has 5 nitrogen and oxygen atoms in total. The molecule has 28 heavy (non-hydrogen) atoms. The van der Waals surface area contributed by atoms with E-state index < -0.39 is 5.60 Å². The van der Waals surface area contributed by atoms with Crippen molar-refractivity contribution in [1.29, 1.82) is 0 Å². The van der Waals surface area contributed by atoms with Gasteiger partial charge in [0, 0.05) is 43.5 Å². The summed E-state index contributed by atoms with van der Waals surface area (Å²) >= 11 is 0. The van der Waals surface area contributed by atoms with E-state index in [4.69, 9.17) is 4.74 Å². The molecule has 152 valence electrons. The largest absolute Gasteiger partial charge is 0.444 e. The van der Waals surface area contributed by atoms with E-state index in [1.54, 1.807) is 0 Å². The number of rotatable bonds is 2. The molecule has 0 aliphatic carbocycles. The minimum Gasteiger partial charge on any atom is -0.444 e. The number of aromatic nitrogens is 1. The number of hydrogen-bond donors (Lipinski definition) is 0. The third-order valence-electron chi connectivity index (χ3n) is 5.22. The maximum atomic E-state index is 12.6. The summed E-state index contributed by atoms with van der Waals surface area (Å²) in [7, 11) is 0. The van der Waals surface area contributed by atoms with Crippen molar-refractivity contribution in [2.45, 2.75) is 65.1 Å². The molecule has 0 bridgehead atoms. The molecule has 2 aromatic rings.